The van der Waals surface area contributed by atoms with E-state index in [2.05, 4.69) is 24.5 Å². The maximum Gasteiger partial charge on any atom is 0.248 e. The number of hydrogen-bond donors (Lipinski definition) is 2. The molecule has 0 radical (unpaired) electrons. The van der Waals surface area contributed by atoms with Gasteiger partial charge in [0.15, 0.2) is 0 Å². The van der Waals surface area contributed by atoms with E-state index in [1.54, 1.807) is 36.2 Å². The van der Waals surface area contributed by atoms with Crippen molar-refractivity contribution in [1.82, 2.24) is 9.97 Å². The molecule has 4 atom stereocenters. The molecule has 0 fully saturated rings. The van der Waals surface area contributed by atoms with Crippen molar-refractivity contribution in [3.63, 3.8) is 0 Å². The molecule has 7 nitrogen and oxygen atoms in total. The Hall–Kier alpha value is -2.24. The lowest BCUT2D eigenvalue weighted by molar-refractivity contribution is -0.117. The first-order valence-electron chi connectivity index (χ1n) is 8.45. The summed E-state index contributed by atoms with van der Waals surface area (Å²) in [6, 6.07) is 4.88. The number of aryl methyl sites for hydroxylation is 1. The van der Waals surface area contributed by atoms with Crippen molar-refractivity contribution in [3.05, 3.63) is 46.2 Å². The number of rotatable bonds is 3. The van der Waals surface area contributed by atoms with Crippen LogP contribution in [0.15, 0.2) is 24.4 Å². The monoisotopic (exact) mass is 405 g/mol. The Morgan fingerprint density at radius 1 is 1.37 bits per heavy atom. The Morgan fingerprint density at radius 2 is 2.07 bits per heavy atom. The zero-order chi connectivity index (χ0) is 19.9. The second-order valence-corrected chi connectivity index (χ2v) is 7.72. The van der Waals surface area contributed by atoms with Gasteiger partial charge in [0.25, 0.3) is 0 Å². The summed E-state index contributed by atoms with van der Waals surface area (Å²) in [5.41, 5.74) is 8.02. The lowest BCUT2D eigenvalue weighted by atomic mass is 9.86. The van der Waals surface area contributed by atoms with Gasteiger partial charge in [-0.3, -0.25) is 9.59 Å². The number of benzene rings is 1. The summed E-state index contributed by atoms with van der Waals surface area (Å²) in [6.45, 7) is 5.34. The number of anilines is 2. The molecule has 0 saturated heterocycles. The van der Waals surface area contributed by atoms with Crippen LogP contribution in [0, 0.1) is 12.8 Å². The Bertz CT molecular complexity index is 923. The fourth-order valence-corrected chi connectivity index (χ4v) is 3.99. The van der Waals surface area contributed by atoms with E-state index in [1.165, 1.54) is 6.92 Å². The molecule has 1 aromatic heterocycles. The van der Waals surface area contributed by atoms with Crippen LogP contribution < -0.4 is 16.0 Å². The molecular weight excluding hydrogens is 385 g/mol. The van der Waals surface area contributed by atoms with Gasteiger partial charge in [-0.25, -0.2) is 9.97 Å². The van der Waals surface area contributed by atoms with Gasteiger partial charge in [-0.2, -0.15) is 0 Å². The van der Waals surface area contributed by atoms with Crippen LogP contribution in [0.5, 0.6) is 0 Å². The molecule has 0 bridgehead atoms. The SMILES string of the molecule is CC(=O)N1c2ccc(C(N)=O)cc2C(Nc2ncc(Cl)c(C)n2)[C@@H](C)[C@@H]1P. The van der Waals surface area contributed by atoms with E-state index < -0.39 is 5.91 Å². The maximum absolute atomic E-state index is 12.2. The maximum atomic E-state index is 12.2. The highest BCUT2D eigenvalue weighted by atomic mass is 35.5. The summed E-state index contributed by atoms with van der Waals surface area (Å²) in [6.07, 6.45) is 1.54. The molecule has 1 aliphatic heterocycles. The van der Waals surface area contributed by atoms with Gasteiger partial charge in [0.2, 0.25) is 17.8 Å². The van der Waals surface area contributed by atoms with E-state index >= 15 is 0 Å². The molecule has 2 aromatic rings. The zero-order valence-electron chi connectivity index (χ0n) is 15.2. The largest absolute Gasteiger partial charge is 0.366 e. The van der Waals surface area contributed by atoms with E-state index in [9.17, 15) is 9.59 Å². The Kier molecular flexibility index (Phi) is 5.36. The molecule has 142 valence electrons. The molecule has 0 spiro atoms. The number of primary amides is 1. The van der Waals surface area contributed by atoms with Gasteiger partial charge in [0, 0.05) is 24.1 Å². The molecule has 2 unspecified atom stereocenters. The van der Waals surface area contributed by atoms with Crippen LogP contribution in [-0.4, -0.2) is 27.6 Å². The van der Waals surface area contributed by atoms with Crippen LogP contribution in [0.4, 0.5) is 11.6 Å². The summed E-state index contributed by atoms with van der Waals surface area (Å²) in [7, 11) is 2.72. The minimum Gasteiger partial charge on any atom is -0.366 e. The lowest BCUT2D eigenvalue weighted by Gasteiger charge is -2.43. The fourth-order valence-electron chi connectivity index (χ4n) is 3.30. The predicted molar refractivity (Wildman–Crippen MR) is 109 cm³/mol. The smallest absolute Gasteiger partial charge is 0.248 e. The van der Waals surface area contributed by atoms with Crippen LogP contribution in [0.25, 0.3) is 0 Å². The van der Waals surface area contributed by atoms with Gasteiger partial charge in [0.05, 0.1) is 28.7 Å². The van der Waals surface area contributed by atoms with Crippen molar-refractivity contribution in [2.24, 2.45) is 11.7 Å². The first kappa shape index (κ1) is 19.5. The van der Waals surface area contributed by atoms with Crippen molar-refractivity contribution >= 4 is 44.3 Å². The Balaban J connectivity index is 2.11. The number of hydrogen-bond acceptors (Lipinski definition) is 5. The third-order valence-corrected chi connectivity index (χ3v) is 6.09. The Labute approximate surface area is 164 Å². The standard InChI is InChI=1S/C18H21ClN5O2P/c1-8-15(23-18-21-7-13(19)9(2)22-18)12-6-11(16(20)26)4-5-14(12)24(10(3)25)17(8)27/h4-8,15,17H,27H2,1-3H3,(H2,20,26)(H,21,22,23)/t8-,15?,17+/m1/s1. The van der Waals surface area contributed by atoms with Gasteiger partial charge in [0.1, 0.15) is 0 Å². The molecule has 9 heteroatoms. The van der Waals surface area contributed by atoms with E-state index in [1.807, 2.05) is 6.92 Å². The van der Waals surface area contributed by atoms with Gasteiger partial charge in [-0.15, -0.1) is 9.24 Å². The van der Waals surface area contributed by atoms with E-state index in [0.29, 0.717) is 22.2 Å². The normalized spacial score (nSPS) is 21.5. The number of carbonyl (C=O) groups excluding carboxylic acids is 2. The average molecular weight is 406 g/mol. The van der Waals surface area contributed by atoms with Gasteiger partial charge in [-0.1, -0.05) is 18.5 Å². The summed E-state index contributed by atoms with van der Waals surface area (Å²) in [4.78, 5) is 34.2. The van der Waals surface area contributed by atoms with Crippen LogP contribution >= 0.6 is 20.8 Å². The number of nitrogens with zero attached hydrogens (tertiary/aromatic N) is 3. The number of aromatic nitrogens is 2. The summed E-state index contributed by atoms with van der Waals surface area (Å²) in [5, 5.41) is 3.81. The van der Waals surface area contributed by atoms with Crippen LogP contribution in [0.2, 0.25) is 5.02 Å². The van der Waals surface area contributed by atoms with Crippen LogP contribution in [-0.2, 0) is 4.79 Å². The molecule has 1 aromatic carbocycles. The van der Waals surface area contributed by atoms with E-state index in [4.69, 9.17) is 17.3 Å². The minimum absolute atomic E-state index is 0.00545. The lowest BCUT2D eigenvalue weighted by Crippen LogP contribution is -2.47. The van der Waals surface area contributed by atoms with Crippen molar-refractivity contribution in [1.29, 1.82) is 0 Å². The molecule has 3 rings (SSSR count). The molecule has 2 heterocycles. The molecule has 0 saturated carbocycles. The van der Waals surface area contributed by atoms with Gasteiger partial charge in [-0.05, 0) is 30.7 Å². The highest BCUT2D eigenvalue weighted by molar-refractivity contribution is 7.18. The molecule has 0 aliphatic carbocycles. The summed E-state index contributed by atoms with van der Waals surface area (Å²) >= 11 is 6.01. The minimum atomic E-state index is -0.523. The van der Waals surface area contributed by atoms with Crippen LogP contribution in [0.3, 0.4) is 0 Å². The number of fused-ring (bicyclic) bond motifs is 1. The molecule has 1 aliphatic rings. The van der Waals surface area contributed by atoms with Crippen molar-refractivity contribution in [2.45, 2.75) is 32.6 Å². The first-order valence-corrected chi connectivity index (χ1v) is 9.50. The summed E-state index contributed by atoms with van der Waals surface area (Å²) < 4.78 is 0. The Morgan fingerprint density at radius 3 is 2.67 bits per heavy atom. The summed E-state index contributed by atoms with van der Waals surface area (Å²) in [5.74, 6) is -0.316. The van der Waals surface area contributed by atoms with Crippen LogP contribution in [0.1, 0.15) is 41.5 Å². The number of nitrogens with one attached hydrogen (secondary N) is 1. The van der Waals surface area contributed by atoms with E-state index in [0.717, 1.165) is 11.3 Å². The number of carbonyl (C=O) groups is 2. The predicted octanol–water partition coefficient (Wildman–Crippen LogP) is 2.89. The highest BCUT2D eigenvalue weighted by Crippen LogP contribution is 2.44. The zero-order valence-corrected chi connectivity index (χ0v) is 17.1. The highest BCUT2D eigenvalue weighted by Gasteiger charge is 2.39. The number of halogens is 1. The molecule has 3 N–H and O–H groups in total. The fraction of sp³-hybridized carbons (Fsp3) is 0.333. The third kappa shape index (κ3) is 3.62. The van der Waals surface area contributed by atoms with Crippen molar-refractivity contribution in [3.8, 4) is 0 Å². The number of amides is 2. The number of nitrogens with two attached hydrogens (primary N) is 1. The average Bonchev–Trinajstić information content (AvgIpc) is 2.61. The van der Waals surface area contributed by atoms with E-state index in [-0.39, 0.29) is 23.6 Å². The second-order valence-electron chi connectivity index (χ2n) is 6.63. The van der Waals surface area contributed by atoms with Gasteiger partial charge < -0.3 is 16.0 Å². The van der Waals surface area contributed by atoms with Crippen molar-refractivity contribution < 1.29 is 9.59 Å². The van der Waals surface area contributed by atoms with Crippen molar-refractivity contribution in [2.75, 3.05) is 10.2 Å². The topological polar surface area (TPSA) is 101 Å². The second kappa shape index (κ2) is 7.41. The molecular formula is C18H21ClN5O2P. The van der Waals surface area contributed by atoms with Gasteiger partial charge >= 0.3 is 0 Å². The quantitative estimate of drug-likeness (QED) is 0.764. The first-order chi connectivity index (χ1) is 12.7. The molecule has 27 heavy (non-hydrogen) atoms. The molecule has 2 amide bonds. The third-order valence-electron chi connectivity index (χ3n) is 4.81.